The predicted octanol–water partition coefficient (Wildman–Crippen LogP) is 0.306. The van der Waals surface area contributed by atoms with Gasteiger partial charge in [-0.25, -0.2) is 0 Å². The van der Waals surface area contributed by atoms with Crippen LogP contribution in [-0.4, -0.2) is 22.9 Å². The van der Waals surface area contributed by atoms with Crippen molar-refractivity contribution in [3.05, 3.63) is 12.2 Å². The largest absolute Gasteiger partial charge is 0.396 e. The monoisotopic (exact) mass is 128 g/mol. The summed E-state index contributed by atoms with van der Waals surface area (Å²) in [6, 6.07) is 0. The normalized spacial score (nSPS) is 33.6. The molecule has 0 aromatic heterocycles. The SMILES string of the molecule is OCC[C@@H]1C=CC[C@H]1O. The van der Waals surface area contributed by atoms with Crippen LogP contribution < -0.4 is 0 Å². The fraction of sp³-hybridized carbons (Fsp3) is 0.714. The summed E-state index contributed by atoms with van der Waals surface area (Å²) >= 11 is 0. The standard InChI is InChI=1S/C7H12O2/c8-5-4-6-2-1-3-7(6)9/h1-2,6-9H,3-5H2/t6-,7+/m0/s1. The summed E-state index contributed by atoms with van der Waals surface area (Å²) in [6.45, 7) is 0.173. The van der Waals surface area contributed by atoms with Crippen LogP contribution in [0.3, 0.4) is 0 Å². The van der Waals surface area contributed by atoms with Crippen LogP contribution in [0.1, 0.15) is 12.8 Å². The molecule has 0 aromatic carbocycles. The molecule has 0 spiro atoms. The van der Waals surface area contributed by atoms with E-state index in [9.17, 15) is 0 Å². The van der Waals surface area contributed by atoms with E-state index in [-0.39, 0.29) is 18.6 Å². The van der Waals surface area contributed by atoms with Crippen molar-refractivity contribution in [1.29, 1.82) is 0 Å². The highest BCUT2D eigenvalue weighted by Gasteiger charge is 2.18. The zero-order valence-corrected chi connectivity index (χ0v) is 5.33. The molecular weight excluding hydrogens is 116 g/mol. The highest BCUT2D eigenvalue weighted by atomic mass is 16.3. The molecule has 1 rings (SSSR count). The van der Waals surface area contributed by atoms with E-state index in [1.165, 1.54) is 0 Å². The maximum atomic E-state index is 9.15. The Hall–Kier alpha value is -0.340. The molecule has 2 atom stereocenters. The quantitative estimate of drug-likeness (QED) is 0.525. The van der Waals surface area contributed by atoms with Crippen molar-refractivity contribution >= 4 is 0 Å². The molecule has 0 fully saturated rings. The van der Waals surface area contributed by atoms with Crippen LogP contribution in [0.15, 0.2) is 12.2 Å². The molecule has 0 aliphatic heterocycles. The van der Waals surface area contributed by atoms with Crippen molar-refractivity contribution in [2.75, 3.05) is 6.61 Å². The minimum atomic E-state index is -0.239. The summed E-state index contributed by atoms with van der Waals surface area (Å²) in [4.78, 5) is 0. The molecule has 2 N–H and O–H groups in total. The summed E-state index contributed by atoms with van der Waals surface area (Å²) < 4.78 is 0. The Morgan fingerprint density at radius 1 is 1.56 bits per heavy atom. The van der Waals surface area contributed by atoms with Gasteiger partial charge in [0.25, 0.3) is 0 Å². The Bertz CT molecular complexity index is 109. The molecule has 0 unspecified atom stereocenters. The molecule has 2 nitrogen and oxygen atoms in total. The summed E-state index contributed by atoms with van der Waals surface area (Å²) in [5.41, 5.74) is 0. The molecule has 52 valence electrons. The van der Waals surface area contributed by atoms with E-state index in [1.807, 2.05) is 12.2 Å². The molecule has 2 heteroatoms. The Morgan fingerprint density at radius 3 is 2.78 bits per heavy atom. The van der Waals surface area contributed by atoms with E-state index in [0.717, 1.165) is 6.42 Å². The van der Waals surface area contributed by atoms with Crippen molar-refractivity contribution in [3.8, 4) is 0 Å². The van der Waals surface area contributed by atoms with Gasteiger partial charge in [-0.2, -0.15) is 0 Å². The van der Waals surface area contributed by atoms with E-state index in [2.05, 4.69) is 0 Å². The predicted molar refractivity (Wildman–Crippen MR) is 35.0 cm³/mol. The maximum Gasteiger partial charge on any atom is 0.0638 e. The van der Waals surface area contributed by atoms with Gasteiger partial charge in [0.2, 0.25) is 0 Å². The van der Waals surface area contributed by atoms with Gasteiger partial charge in [0.05, 0.1) is 6.10 Å². The third-order valence-electron chi connectivity index (χ3n) is 1.72. The first-order valence-electron chi connectivity index (χ1n) is 3.30. The zero-order valence-electron chi connectivity index (χ0n) is 5.33. The van der Waals surface area contributed by atoms with Gasteiger partial charge in [0.15, 0.2) is 0 Å². The van der Waals surface area contributed by atoms with Gasteiger partial charge in [0.1, 0.15) is 0 Å². The zero-order chi connectivity index (χ0) is 6.69. The topological polar surface area (TPSA) is 40.5 Å². The minimum Gasteiger partial charge on any atom is -0.396 e. The fourth-order valence-corrected chi connectivity index (χ4v) is 1.13. The van der Waals surface area contributed by atoms with E-state index in [4.69, 9.17) is 10.2 Å². The molecule has 0 radical (unpaired) electrons. The molecule has 0 saturated carbocycles. The second kappa shape index (κ2) is 2.99. The number of aliphatic hydroxyl groups excluding tert-OH is 2. The van der Waals surface area contributed by atoms with Gasteiger partial charge in [-0.15, -0.1) is 0 Å². The number of hydrogen-bond acceptors (Lipinski definition) is 2. The summed E-state index contributed by atoms with van der Waals surface area (Å²) in [5, 5.41) is 17.6. The van der Waals surface area contributed by atoms with Gasteiger partial charge in [-0.3, -0.25) is 0 Å². The molecule has 0 aromatic rings. The summed E-state index contributed by atoms with van der Waals surface area (Å²) in [6.07, 6.45) is 5.14. The van der Waals surface area contributed by atoms with E-state index in [0.29, 0.717) is 6.42 Å². The van der Waals surface area contributed by atoms with E-state index in [1.54, 1.807) is 0 Å². The lowest BCUT2D eigenvalue weighted by atomic mass is 10.0. The molecule has 0 heterocycles. The van der Waals surface area contributed by atoms with E-state index < -0.39 is 0 Å². The van der Waals surface area contributed by atoms with Gasteiger partial charge in [-0.1, -0.05) is 12.2 Å². The van der Waals surface area contributed by atoms with E-state index >= 15 is 0 Å². The Labute approximate surface area is 54.8 Å². The van der Waals surface area contributed by atoms with Crippen molar-refractivity contribution < 1.29 is 10.2 Å². The summed E-state index contributed by atoms with van der Waals surface area (Å²) in [5.74, 6) is 0.204. The van der Waals surface area contributed by atoms with Crippen LogP contribution >= 0.6 is 0 Å². The lowest BCUT2D eigenvalue weighted by Crippen LogP contribution is -2.14. The number of hydrogen-bond donors (Lipinski definition) is 2. The maximum absolute atomic E-state index is 9.15. The van der Waals surface area contributed by atoms with Crippen molar-refractivity contribution in [2.24, 2.45) is 5.92 Å². The second-order valence-electron chi connectivity index (χ2n) is 2.41. The molecule has 0 amide bonds. The third-order valence-corrected chi connectivity index (χ3v) is 1.72. The highest BCUT2D eigenvalue weighted by molar-refractivity contribution is 5.01. The van der Waals surface area contributed by atoms with Crippen molar-refractivity contribution in [2.45, 2.75) is 18.9 Å². The average Bonchev–Trinajstić information content (AvgIpc) is 2.18. The number of rotatable bonds is 2. The molecule has 1 aliphatic carbocycles. The van der Waals surface area contributed by atoms with Gasteiger partial charge in [-0.05, 0) is 12.8 Å². The van der Waals surface area contributed by atoms with Crippen molar-refractivity contribution in [1.82, 2.24) is 0 Å². The lowest BCUT2D eigenvalue weighted by molar-refractivity contribution is 0.125. The lowest BCUT2D eigenvalue weighted by Gasteiger charge is -2.10. The van der Waals surface area contributed by atoms with Crippen molar-refractivity contribution in [3.63, 3.8) is 0 Å². The van der Waals surface area contributed by atoms with Crippen LogP contribution in [0, 0.1) is 5.92 Å². The highest BCUT2D eigenvalue weighted by Crippen LogP contribution is 2.20. The van der Waals surface area contributed by atoms with Crippen LogP contribution in [0.4, 0.5) is 0 Å². The minimum absolute atomic E-state index is 0.173. The van der Waals surface area contributed by atoms with Gasteiger partial charge >= 0.3 is 0 Å². The number of aliphatic hydroxyl groups is 2. The van der Waals surface area contributed by atoms with Gasteiger partial charge < -0.3 is 10.2 Å². The van der Waals surface area contributed by atoms with Crippen LogP contribution in [0.25, 0.3) is 0 Å². The summed E-state index contributed by atoms with van der Waals surface area (Å²) in [7, 11) is 0. The van der Waals surface area contributed by atoms with Crippen LogP contribution in [-0.2, 0) is 0 Å². The first kappa shape index (κ1) is 6.78. The molecule has 0 bridgehead atoms. The first-order valence-corrected chi connectivity index (χ1v) is 3.30. The molecular formula is C7H12O2. The van der Waals surface area contributed by atoms with Crippen LogP contribution in [0.5, 0.6) is 0 Å². The smallest absolute Gasteiger partial charge is 0.0638 e. The molecule has 1 aliphatic rings. The second-order valence-corrected chi connectivity index (χ2v) is 2.41. The average molecular weight is 128 g/mol. The Morgan fingerprint density at radius 2 is 2.33 bits per heavy atom. The first-order chi connectivity index (χ1) is 4.34. The Balaban J connectivity index is 2.31. The van der Waals surface area contributed by atoms with Gasteiger partial charge in [0, 0.05) is 12.5 Å². The Kier molecular flexibility index (Phi) is 2.25. The van der Waals surface area contributed by atoms with Crippen LogP contribution in [0.2, 0.25) is 0 Å². The molecule has 9 heavy (non-hydrogen) atoms. The fourth-order valence-electron chi connectivity index (χ4n) is 1.13. The third kappa shape index (κ3) is 1.53. The molecule has 0 saturated heterocycles.